The maximum atomic E-state index is 5.47. The molecule has 2 aromatic rings. The first kappa shape index (κ1) is 15.7. The molecule has 1 N–H and O–H groups in total. The van der Waals surface area contributed by atoms with E-state index in [-0.39, 0.29) is 5.60 Å². The molecule has 0 radical (unpaired) electrons. The molecule has 0 aliphatic heterocycles. The Kier molecular flexibility index (Phi) is 5.54. The van der Waals surface area contributed by atoms with Crippen molar-refractivity contribution in [3.05, 3.63) is 71.8 Å². The minimum Gasteiger partial charge on any atom is -0.377 e. The smallest absolute Gasteiger partial charge is 0.0746 e. The highest BCUT2D eigenvalue weighted by molar-refractivity contribution is 5.32. The Balaban J connectivity index is 2.11. The number of ether oxygens (including phenoxy) is 1. The lowest BCUT2D eigenvalue weighted by atomic mass is 9.91. The third kappa shape index (κ3) is 4.69. The van der Waals surface area contributed by atoms with Crippen molar-refractivity contribution in [1.82, 2.24) is 5.32 Å². The molecular weight excluding hydrogens is 258 g/mol. The van der Waals surface area contributed by atoms with Crippen LogP contribution in [0.1, 0.15) is 30.9 Å². The number of methoxy groups -OCH3 is 1. The van der Waals surface area contributed by atoms with Crippen LogP contribution in [-0.4, -0.2) is 25.8 Å². The Morgan fingerprint density at radius 3 is 1.81 bits per heavy atom. The van der Waals surface area contributed by atoms with Crippen molar-refractivity contribution in [2.24, 2.45) is 0 Å². The van der Waals surface area contributed by atoms with Crippen molar-refractivity contribution in [3.8, 4) is 0 Å². The van der Waals surface area contributed by atoms with E-state index in [2.05, 4.69) is 79.8 Å². The van der Waals surface area contributed by atoms with Gasteiger partial charge in [0.05, 0.1) is 5.60 Å². The quantitative estimate of drug-likeness (QED) is 0.834. The average Bonchev–Trinajstić information content (AvgIpc) is 2.53. The summed E-state index contributed by atoms with van der Waals surface area (Å²) in [6.45, 7) is 5.93. The summed E-state index contributed by atoms with van der Waals surface area (Å²) in [5.41, 5.74) is 2.54. The van der Waals surface area contributed by atoms with Crippen LogP contribution in [0, 0.1) is 0 Å². The van der Waals surface area contributed by atoms with E-state index < -0.39 is 0 Å². The van der Waals surface area contributed by atoms with E-state index in [4.69, 9.17) is 4.74 Å². The zero-order chi connectivity index (χ0) is 15.1. The van der Waals surface area contributed by atoms with Crippen LogP contribution in [0.3, 0.4) is 0 Å². The molecule has 0 heterocycles. The maximum absolute atomic E-state index is 5.47. The monoisotopic (exact) mass is 283 g/mol. The van der Waals surface area contributed by atoms with Crippen molar-refractivity contribution < 1.29 is 4.74 Å². The van der Waals surface area contributed by atoms with Gasteiger partial charge < -0.3 is 10.1 Å². The van der Waals surface area contributed by atoms with E-state index in [0.29, 0.717) is 5.92 Å². The molecule has 21 heavy (non-hydrogen) atoms. The number of nitrogens with one attached hydrogen (secondary N) is 1. The molecule has 2 nitrogen and oxygen atoms in total. The second-order valence-corrected chi connectivity index (χ2v) is 5.97. The highest BCUT2D eigenvalue weighted by Crippen LogP contribution is 2.23. The van der Waals surface area contributed by atoms with Crippen LogP contribution in [0.2, 0.25) is 0 Å². The molecule has 0 spiro atoms. The Morgan fingerprint density at radius 2 is 1.38 bits per heavy atom. The Morgan fingerprint density at radius 1 is 0.905 bits per heavy atom. The summed E-state index contributed by atoms with van der Waals surface area (Å²) in [5, 5.41) is 3.55. The van der Waals surface area contributed by atoms with Crippen LogP contribution in [0.25, 0.3) is 0 Å². The van der Waals surface area contributed by atoms with E-state index in [1.54, 1.807) is 7.11 Å². The zero-order valence-electron chi connectivity index (χ0n) is 13.2. The molecule has 0 atom stereocenters. The second-order valence-electron chi connectivity index (χ2n) is 5.97. The van der Waals surface area contributed by atoms with Crippen LogP contribution in [0.4, 0.5) is 0 Å². The Labute approximate surface area is 128 Å². The molecule has 0 aliphatic carbocycles. The lowest BCUT2D eigenvalue weighted by Gasteiger charge is -2.25. The molecule has 2 aromatic carbocycles. The molecule has 0 fully saturated rings. The van der Waals surface area contributed by atoms with Crippen molar-refractivity contribution in [2.75, 3.05) is 20.2 Å². The van der Waals surface area contributed by atoms with Crippen LogP contribution >= 0.6 is 0 Å². The number of hydrogen-bond acceptors (Lipinski definition) is 2. The molecule has 0 amide bonds. The van der Waals surface area contributed by atoms with Gasteiger partial charge in [0.25, 0.3) is 0 Å². The fraction of sp³-hybridized carbons (Fsp3) is 0.368. The van der Waals surface area contributed by atoms with Crippen LogP contribution in [0.15, 0.2) is 60.7 Å². The van der Waals surface area contributed by atoms with Crippen molar-refractivity contribution in [3.63, 3.8) is 0 Å². The molecule has 0 saturated carbocycles. The molecule has 0 saturated heterocycles. The van der Waals surface area contributed by atoms with Gasteiger partial charge in [-0.3, -0.25) is 0 Å². The first-order chi connectivity index (χ1) is 10.1. The van der Waals surface area contributed by atoms with E-state index in [1.165, 1.54) is 11.1 Å². The molecule has 0 aliphatic rings. The summed E-state index contributed by atoms with van der Waals surface area (Å²) < 4.78 is 5.47. The van der Waals surface area contributed by atoms with Gasteiger partial charge in [-0.05, 0) is 25.0 Å². The first-order valence-electron chi connectivity index (χ1n) is 7.48. The van der Waals surface area contributed by atoms with Crippen LogP contribution in [0.5, 0.6) is 0 Å². The van der Waals surface area contributed by atoms with Gasteiger partial charge in [0.2, 0.25) is 0 Å². The van der Waals surface area contributed by atoms with Gasteiger partial charge in [-0.25, -0.2) is 0 Å². The lowest BCUT2D eigenvalue weighted by Crippen LogP contribution is -2.38. The second kappa shape index (κ2) is 7.39. The van der Waals surface area contributed by atoms with Gasteiger partial charge in [0, 0.05) is 26.1 Å². The summed E-state index contributed by atoms with van der Waals surface area (Å²) in [6.07, 6.45) is 0. The fourth-order valence-electron chi connectivity index (χ4n) is 2.39. The van der Waals surface area contributed by atoms with Gasteiger partial charge in [-0.1, -0.05) is 60.7 Å². The molecule has 2 rings (SSSR count). The fourth-order valence-corrected chi connectivity index (χ4v) is 2.39. The zero-order valence-corrected chi connectivity index (χ0v) is 13.2. The van der Waals surface area contributed by atoms with Crippen molar-refractivity contribution >= 4 is 0 Å². The SMILES string of the molecule is COC(C)(C)CNCC(c1ccccc1)c1ccccc1. The van der Waals surface area contributed by atoms with Gasteiger partial charge in [0.15, 0.2) is 0 Å². The van der Waals surface area contributed by atoms with Crippen LogP contribution < -0.4 is 5.32 Å². The standard InChI is InChI=1S/C19H25NO/c1-19(2,21-3)15-20-14-18(16-10-6-4-7-11-16)17-12-8-5-9-13-17/h4-13,18,20H,14-15H2,1-3H3. The Hall–Kier alpha value is -1.64. The van der Waals surface area contributed by atoms with Crippen LogP contribution in [-0.2, 0) is 4.74 Å². The van der Waals surface area contributed by atoms with Gasteiger partial charge >= 0.3 is 0 Å². The van der Waals surface area contributed by atoms with E-state index in [9.17, 15) is 0 Å². The average molecular weight is 283 g/mol. The first-order valence-corrected chi connectivity index (χ1v) is 7.48. The summed E-state index contributed by atoms with van der Waals surface area (Å²) in [5.74, 6) is 0.361. The number of rotatable bonds is 7. The normalized spacial score (nSPS) is 11.8. The minimum atomic E-state index is -0.141. The highest BCUT2D eigenvalue weighted by atomic mass is 16.5. The molecule has 0 aromatic heterocycles. The van der Waals surface area contributed by atoms with E-state index >= 15 is 0 Å². The molecule has 2 heteroatoms. The third-order valence-electron chi connectivity index (χ3n) is 3.86. The summed E-state index contributed by atoms with van der Waals surface area (Å²) >= 11 is 0. The summed E-state index contributed by atoms with van der Waals surface area (Å²) in [6, 6.07) is 21.3. The van der Waals surface area contributed by atoms with Gasteiger partial charge in [-0.15, -0.1) is 0 Å². The number of hydrogen-bond donors (Lipinski definition) is 1. The molecule has 0 unspecified atom stereocenters. The van der Waals surface area contributed by atoms with Crippen molar-refractivity contribution in [2.45, 2.75) is 25.4 Å². The predicted molar refractivity (Wildman–Crippen MR) is 88.7 cm³/mol. The Bertz CT molecular complexity index is 482. The maximum Gasteiger partial charge on any atom is 0.0746 e. The molecule has 112 valence electrons. The number of benzene rings is 2. The summed E-state index contributed by atoms with van der Waals surface area (Å²) in [4.78, 5) is 0. The third-order valence-corrected chi connectivity index (χ3v) is 3.86. The predicted octanol–water partition coefficient (Wildman–Crippen LogP) is 3.83. The largest absolute Gasteiger partial charge is 0.377 e. The molecule has 0 bridgehead atoms. The topological polar surface area (TPSA) is 21.3 Å². The van der Waals surface area contributed by atoms with Gasteiger partial charge in [-0.2, -0.15) is 0 Å². The van der Waals surface area contributed by atoms with Gasteiger partial charge in [0.1, 0.15) is 0 Å². The van der Waals surface area contributed by atoms with E-state index in [0.717, 1.165) is 13.1 Å². The minimum absolute atomic E-state index is 0.141. The lowest BCUT2D eigenvalue weighted by molar-refractivity contribution is 0.0233. The molecular formula is C19H25NO. The van der Waals surface area contributed by atoms with E-state index in [1.807, 2.05) is 0 Å². The van der Waals surface area contributed by atoms with Crippen molar-refractivity contribution in [1.29, 1.82) is 0 Å². The highest BCUT2D eigenvalue weighted by Gasteiger charge is 2.18. The summed E-state index contributed by atoms with van der Waals surface area (Å²) in [7, 11) is 1.76.